The molecule has 0 saturated heterocycles. The third-order valence-corrected chi connectivity index (χ3v) is 6.31. The van der Waals surface area contributed by atoms with Crippen LogP contribution in [-0.2, 0) is 6.54 Å². The smallest absolute Gasteiger partial charge is 0.270 e. The van der Waals surface area contributed by atoms with Crippen molar-refractivity contribution in [1.82, 2.24) is 15.2 Å². The molecule has 1 amide bonds. The minimum atomic E-state index is 0.134. The van der Waals surface area contributed by atoms with Gasteiger partial charge in [0.1, 0.15) is 5.69 Å². The van der Waals surface area contributed by atoms with Crippen molar-refractivity contribution in [3.05, 3.63) is 71.4 Å². The van der Waals surface area contributed by atoms with Crippen LogP contribution in [0.3, 0.4) is 0 Å². The Morgan fingerprint density at radius 3 is 2.62 bits per heavy atom. The molecule has 3 aromatic rings. The molecule has 1 aliphatic carbocycles. The fourth-order valence-electron chi connectivity index (χ4n) is 4.70. The summed E-state index contributed by atoms with van der Waals surface area (Å²) in [5, 5.41) is 4.85. The first-order valence-corrected chi connectivity index (χ1v) is 10.8. The summed E-state index contributed by atoms with van der Waals surface area (Å²) in [5.41, 5.74) is 4.15. The van der Waals surface area contributed by atoms with Gasteiger partial charge >= 0.3 is 0 Å². The molecule has 2 N–H and O–H groups in total. The van der Waals surface area contributed by atoms with Crippen molar-refractivity contribution in [2.45, 2.75) is 58.2 Å². The van der Waals surface area contributed by atoms with Crippen LogP contribution in [0.25, 0.3) is 10.9 Å². The lowest BCUT2D eigenvalue weighted by molar-refractivity contribution is 0.0622. The Morgan fingerprint density at radius 1 is 1.10 bits per heavy atom. The number of aromatic nitrogens is 1. The molecule has 0 aliphatic heterocycles. The van der Waals surface area contributed by atoms with E-state index in [1.165, 1.54) is 12.0 Å². The predicted octanol–water partition coefficient (Wildman–Crippen LogP) is 5.04. The van der Waals surface area contributed by atoms with Gasteiger partial charge in [-0.15, -0.1) is 0 Å². The monoisotopic (exact) mass is 389 g/mol. The molecule has 4 nitrogen and oxygen atoms in total. The van der Waals surface area contributed by atoms with E-state index in [1.807, 2.05) is 25.1 Å². The highest BCUT2D eigenvalue weighted by molar-refractivity contribution is 6.01. The van der Waals surface area contributed by atoms with Gasteiger partial charge in [0.25, 0.3) is 5.91 Å². The number of hydrogen-bond acceptors (Lipinski definition) is 2. The average Bonchev–Trinajstić information content (AvgIpc) is 3.11. The highest BCUT2D eigenvalue weighted by Crippen LogP contribution is 2.27. The maximum atomic E-state index is 13.4. The van der Waals surface area contributed by atoms with E-state index in [0.717, 1.165) is 54.5 Å². The van der Waals surface area contributed by atoms with Crippen LogP contribution in [-0.4, -0.2) is 34.4 Å². The van der Waals surface area contributed by atoms with E-state index in [2.05, 4.69) is 58.5 Å². The summed E-state index contributed by atoms with van der Waals surface area (Å²) in [4.78, 5) is 18.9. The largest absolute Gasteiger partial charge is 0.350 e. The van der Waals surface area contributed by atoms with E-state index in [0.29, 0.717) is 12.1 Å². The number of para-hydroxylation sites is 1. The molecular formula is C25H31N3O. The first-order valence-electron chi connectivity index (χ1n) is 10.8. The lowest BCUT2D eigenvalue weighted by Crippen LogP contribution is -2.47. The molecule has 1 aliphatic rings. The maximum absolute atomic E-state index is 13.4. The Bertz CT molecular complexity index is 963. The second-order valence-corrected chi connectivity index (χ2v) is 8.15. The molecule has 4 rings (SSSR count). The molecule has 152 valence electrons. The number of carbonyl (C=O) groups is 1. The zero-order chi connectivity index (χ0) is 20.2. The second kappa shape index (κ2) is 8.83. The van der Waals surface area contributed by atoms with Gasteiger partial charge in [-0.25, -0.2) is 0 Å². The van der Waals surface area contributed by atoms with Crippen LogP contribution < -0.4 is 5.32 Å². The molecule has 2 aromatic carbocycles. The average molecular weight is 390 g/mol. The van der Waals surface area contributed by atoms with Gasteiger partial charge in [0, 0.05) is 36.1 Å². The summed E-state index contributed by atoms with van der Waals surface area (Å²) < 4.78 is 0. The highest BCUT2D eigenvalue weighted by Gasteiger charge is 2.30. The van der Waals surface area contributed by atoms with E-state index in [4.69, 9.17) is 0 Å². The lowest BCUT2D eigenvalue weighted by atomic mass is 9.89. The highest BCUT2D eigenvalue weighted by atomic mass is 16.2. The molecule has 29 heavy (non-hydrogen) atoms. The summed E-state index contributed by atoms with van der Waals surface area (Å²) in [6.45, 7) is 5.77. The summed E-state index contributed by atoms with van der Waals surface area (Å²) in [5.74, 6) is 0.134. The van der Waals surface area contributed by atoms with Gasteiger partial charge in [-0.1, -0.05) is 48.5 Å². The van der Waals surface area contributed by atoms with Crippen molar-refractivity contribution >= 4 is 16.8 Å². The SMILES string of the molecule is CCN(C(=O)c1[nH]c2ccccc2c1C)[C@H]1CCC[C@@H](NCc2ccccc2)C1. The Labute approximate surface area is 173 Å². The number of fused-ring (bicyclic) bond motifs is 1. The third-order valence-electron chi connectivity index (χ3n) is 6.31. The Hall–Kier alpha value is -2.59. The topological polar surface area (TPSA) is 48.1 Å². The van der Waals surface area contributed by atoms with Crippen molar-refractivity contribution in [2.24, 2.45) is 0 Å². The van der Waals surface area contributed by atoms with Crippen LogP contribution in [0.1, 0.15) is 54.2 Å². The lowest BCUT2D eigenvalue weighted by Gasteiger charge is -2.37. The molecule has 1 saturated carbocycles. The van der Waals surface area contributed by atoms with Gasteiger partial charge in [-0.3, -0.25) is 4.79 Å². The van der Waals surface area contributed by atoms with Crippen molar-refractivity contribution in [1.29, 1.82) is 0 Å². The first kappa shape index (κ1) is 19.7. The van der Waals surface area contributed by atoms with Crippen LogP contribution >= 0.6 is 0 Å². The fraction of sp³-hybridized carbons (Fsp3) is 0.400. The third kappa shape index (κ3) is 4.23. The van der Waals surface area contributed by atoms with Gasteiger partial charge in [0.15, 0.2) is 0 Å². The minimum Gasteiger partial charge on any atom is -0.350 e. The number of hydrogen-bond donors (Lipinski definition) is 2. The van der Waals surface area contributed by atoms with Crippen molar-refractivity contribution in [3.63, 3.8) is 0 Å². The zero-order valence-electron chi connectivity index (χ0n) is 17.4. The molecule has 1 heterocycles. The number of aromatic amines is 1. The molecule has 0 unspecified atom stereocenters. The predicted molar refractivity (Wildman–Crippen MR) is 119 cm³/mol. The number of carbonyl (C=O) groups excluding carboxylic acids is 1. The molecule has 1 aromatic heterocycles. The summed E-state index contributed by atoms with van der Waals surface area (Å²) >= 11 is 0. The number of nitrogens with zero attached hydrogens (tertiary/aromatic N) is 1. The normalized spacial score (nSPS) is 19.4. The fourth-order valence-corrected chi connectivity index (χ4v) is 4.70. The van der Waals surface area contributed by atoms with E-state index >= 15 is 0 Å². The molecule has 1 fully saturated rings. The maximum Gasteiger partial charge on any atom is 0.270 e. The summed E-state index contributed by atoms with van der Waals surface area (Å²) in [7, 11) is 0. The van der Waals surface area contributed by atoms with E-state index < -0.39 is 0 Å². The van der Waals surface area contributed by atoms with Crippen LogP contribution in [0.15, 0.2) is 54.6 Å². The van der Waals surface area contributed by atoms with Gasteiger partial charge in [0.2, 0.25) is 0 Å². The Morgan fingerprint density at radius 2 is 1.86 bits per heavy atom. The van der Waals surface area contributed by atoms with E-state index in [9.17, 15) is 4.79 Å². The van der Waals surface area contributed by atoms with Gasteiger partial charge < -0.3 is 15.2 Å². The number of benzene rings is 2. The van der Waals surface area contributed by atoms with Crippen LogP contribution in [0.4, 0.5) is 0 Å². The number of nitrogens with one attached hydrogen (secondary N) is 2. The van der Waals surface area contributed by atoms with Crippen molar-refractivity contribution in [2.75, 3.05) is 6.54 Å². The standard InChI is InChI=1S/C25H31N3O/c1-3-28(25(29)24-18(2)22-14-7-8-15-23(22)27-24)21-13-9-12-20(16-21)26-17-19-10-5-4-6-11-19/h4-8,10-11,14-15,20-21,26-27H,3,9,12-13,16-17H2,1-2H3/t20-,21+/m1/s1. The number of rotatable bonds is 6. The van der Waals surface area contributed by atoms with Crippen molar-refractivity contribution in [3.8, 4) is 0 Å². The number of H-pyrrole nitrogens is 1. The number of amides is 1. The van der Waals surface area contributed by atoms with Crippen LogP contribution in [0, 0.1) is 6.92 Å². The molecule has 2 atom stereocenters. The number of aryl methyl sites for hydroxylation is 1. The van der Waals surface area contributed by atoms with Gasteiger partial charge in [-0.05, 0) is 56.7 Å². The molecule has 0 radical (unpaired) electrons. The van der Waals surface area contributed by atoms with Crippen LogP contribution in [0.2, 0.25) is 0 Å². The molecular weight excluding hydrogens is 358 g/mol. The second-order valence-electron chi connectivity index (χ2n) is 8.15. The van der Waals surface area contributed by atoms with Crippen LogP contribution in [0.5, 0.6) is 0 Å². The van der Waals surface area contributed by atoms with Gasteiger partial charge in [0.05, 0.1) is 0 Å². The molecule has 0 spiro atoms. The summed E-state index contributed by atoms with van der Waals surface area (Å²) in [6, 6.07) is 19.4. The van der Waals surface area contributed by atoms with E-state index in [1.54, 1.807) is 0 Å². The first-order chi connectivity index (χ1) is 14.2. The zero-order valence-corrected chi connectivity index (χ0v) is 17.4. The van der Waals surface area contributed by atoms with Crippen molar-refractivity contribution < 1.29 is 4.79 Å². The Balaban J connectivity index is 1.46. The summed E-state index contributed by atoms with van der Waals surface area (Å²) in [6.07, 6.45) is 4.45. The quantitative estimate of drug-likeness (QED) is 0.620. The van der Waals surface area contributed by atoms with Gasteiger partial charge in [-0.2, -0.15) is 0 Å². The molecule has 0 bridgehead atoms. The molecule has 4 heteroatoms. The Kier molecular flexibility index (Phi) is 6.00. The van der Waals surface area contributed by atoms with E-state index in [-0.39, 0.29) is 5.91 Å². The minimum absolute atomic E-state index is 0.134.